The van der Waals surface area contributed by atoms with Crippen molar-refractivity contribution in [3.05, 3.63) is 12.1 Å². The molecule has 1 fully saturated rings. The number of nitrogens with zero attached hydrogens (tertiary/aromatic N) is 5. The molecule has 0 aliphatic carbocycles. The van der Waals surface area contributed by atoms with E-state index in [1.807, 2.05) is 12.1 Å². The average Bonchev–Trinajstić information content (AvgIpc) is 2.95. The van der Waals surface area contributed by atoms with Crippen LogP contribution in [0.25, 0.3) is 5.65 Å². The Morgan fingerprint density at radius 1 is 1.40 bits per heavy atom. The van der Waals surface area contributed by atoms with Crippen molar-refractivity contribution in [2.75, 3.05) is 25.1 Å². The molecule has 0 spiro atoms. The van der Waals surface area contributed by atoms with Crippen molar-refractivity contribution in [1.29, 1.82) is 0 Å². The lowest BCUT2D eigenvalue weighted by Crippen LogP contribution is -2.23. The lowest BCUT2D eigenvalue weighted by atomic mass is 10.2. The van der Waals surface area contributed by atoms with Crippen molar-refractivity contribution in [2.45, 2.75) is 32.0 Å². The number of aromatic nitrogens is 5. The van der Waals surface area contributed by atoms with Gasteiger partial charge < -0.3 is 14.8 Å². The quantitative estimate of drug-likeness (QED) is 0.784. The third-order valence-electron chi connectivity index (χ3n) is 3.14. The number of hydrogen-bond donors (Lipinski definition) is 1. The Morgan fingerprint density at radius 2 is 2.40 bits per heavy atom. The SMILES string of the molecule is c1cc2nnnn2nc1NCCCO[C@@H]1CCCCO1. The van der Waals surface area contributed by atoms with Gasteiger partial charge in [-0.2, -0.15) is 0 Å². The normalized spacial score (nSPS) is 19.3. The van der Waals surface area contributed by atoms with Gasteiger partial charge in [-0.25, -0.2) is 0 Å². The van der Waals surface area contributed by atoms with E-state index in [1.54, 1.807) is 0 Å². The van der Waals surface area contributed by atoms with Crippen LogP contribution in [0.2, 0.25) is 0 Å². The van der Waals surface area contributed by atoms with Gasteiger partial charge in [0.15, 0.2) is 11.9 Å². The first-order valence-electron chi connectivity index (χ1n) is 6.94. The van der Waals surface area contributed by atoms with E-state index < -0.39 is 0 Å². The molecule has 20 heavy (non-hydrogen) atoms. The highest BCUT2D eigenvalue weighted by Gasteiger charge is 2.13. The fourth-order valence-electron chi connectivity index (χ4n) is 2.09. The molecule has 1 aliphatic heterocycles. The molecule has 8 nitrogen and oxygen atoms in total. The van der Waals surface area contributed by atoms with Crippen LogP contribution >= 0.6 is 0 Å². The van der Waals surface area contributed by atoms with E-state index in [1.165, 1.54) is 11.1 Å². The molecule has 0 aromatic carbocycles. The van der Waals surface area contributed by atoms with Crippen LogP contribution in [-0.4, -0.2) is 51.3 Å². The Hall–Kier alpha value is -1.80. The maximum atomic E-state index is 5.66. The van der Waals surface area contributed by atoms with Crippen LogP contribution in [-0.2, 0) is 9.47 Å². The summed E-state index contributed by atoms with van der Waals surface area (Å²) in [6, 6.07) is 3.68. The Bertz CT molecular complexity index is 539. The molecule has 0 unspecified atom stereocenters. The van der Waals surface area contributed by atoms with E-state index in [2.05, 4.69) is 25.9 Å². The molecule has 3 heterocycles. The van der Waals surface area contributed by atoms with Gasteiger partial charge in [-0.05, 0) is 48.2 Å². The highest BCUT2D eigenvalue weighted by atomic mass is 16.7. The standard InChI is InChI=1S/C12H18N6O2/c1-2-8-19-12(4-1)20-9-3-7-13-10-5-6-11-14-16-17-18(11)15-10/h5-6,12H,1-4,7-9H2,(H,13,15)/t12-/m1/s1. The Morgan fingerprint density at radius 3 is 3.30 bits per heavy atom. The molecule has 1 atom stereocenters. The second kappa shape index (κ2) is 6.58. The van der Waals surface area contributed by atoms with Crippen LogP contribution in [0.3, 0.4) is 0 Å². The summed E-state index contributed by atoms with van der Waals surface area (Å²) >= 11 is 0. The molecule has 0 amide bonds. The Kier molecular flexibility index (Phi) is 4.34. The van der Waals surface area contributed by atoms with E-state index >= 15 is 0 Å². The predicted octanol–water partition coefficient (Wildman–Crippen LogP) is 0.864. The highest BCUT2D eigenvalue weighted by molar-refractivity contribution is 5.41. The van der Waals surface area contributed by atoms with Gasteiger partial charge >= 0.3 is 0 Å². The summed E-state index contributed by atoms with van der Waals surface area (Å²) in [7, 11) is 0. The first-order valence-corrected chi connectivity index (χ1v) is 6.94. The van der Waals surface area contributed by atoms with Crippen molar-refractivity contribution in [1.82, 2.24) is 25.3 Å². The molecular weight excluding hydrogens is 260 g/mol. The highest BCUT2D eigenvalue weighted by Crippen LogP contribution is 2.13. The number of anilines is 1. The maximum absolute atomic E-state index is 5.66. The van der Waals surface area contributed by atoms with Crippen molar-refractivity contribution in [3.63, 3.8) is 0 Å². The zero-order chi connectivity index (χ0) is 13.6. The number of tetrazole rings is 1. The van der Waals surface area contributed by atoms with E-state index in [-0.39, 0.29) is 6.29 Å². The van der Waals surface area contributed by atoms with Gasteiger partial charge in [-0.3, -0.25) is 0 Å². The Balaban J connectivity index is 1.36. The summed E-state index contributed by atoms with van der Waals surface area (Å²) in [4.78, 5) is 0. The fraction of sp³-hybridized carbons (Fsp3) is 0.667. The number of nitrogens with one attached hydrogen (secondary N) is 1. The largest absolute Gasteiger partial charge is 0.368 e. The first-order chi connectivity index (χ1) is 9.92. The molecule has 3 rings (SSSR count). The van der Waals surface area contributed by atoms with Gasteiger partial charge in [-0.1, -0.05) is 0 Å². The van der Waals surface area contributed by atoms with Gasteiger partial charge in [-0.15, -0.1) is 14.8 Å². The summed E-state index contributed by atoms with van der Waals surface area (Å²) in [6.45, 7) is 2.29. The summed E-state index contributed by atoms with van der Waals surface area (Å²) in [5.41, 5.74) is 0.633. The smallest absolute Gasteiger partial charge is 0.200 e. The monoisotopic (exact) mass is 278 g/mol. The molecule has 8 heteroatoms. The van der Waals surface area contributed by atoms with Crippen molar-refractivity contribution >= 4 is 11.5 Å². The van der Waals surface area contributed by atoms with E-state index in [9.17, 15) is 0 Å². The van der Waals surface area contributed by atoms with E-state index in [4.69, 9.17) is 9.47 Å². The zero-order valence-electron chi connectivity index (χ0n) is 11.2. The van der Waals surface area contributed by atoms with Gasteiger partial charge in [0, 0.05) is 13.2 Å². The van der Waals surface area contributed by atoms with Crippen LogP contribution < -0.4 is 5.32 Å². The molecule has 2 aromatic heterocycles. The van der Waals surface area contributed by atoms with Crippen LogP contribution in [0.1, 0.15) is 25.7 Å². The van der Waals surface area contributed by atoms with Gasteiger partial charge in [0.05, 0.1) is 6.61 Å². The minimum atomic E-state index is -0.0144. The number of rotatable bonds is 6. The molecule has 1 aliphatic rings. The number of ether oxygens (including phenoxy) is 2. The minimum absolute atomic E-state index is 0.0144. The van der Waals surface area contributed by atoms with E-state index in [0.29, 0.717) is 12.3 Å². The number of fused-ring (bicyclic) bond motifs is 1. The van der Waals surface area contributed by atoms with Gasteiger partial charge in [0.25, 0.3) is 0 Å². The molecule has 1 saturated heterocycles. The third-order valence-corrected chi connectivity index (χ3v) is 3.14. The van der Waals surface area contributed by atoms with Crippen molar-refractivity contribution in [2.24, 2.45) is 0 Å². The topological polar surface area (TPSA) is 86.5 Å². The van der Waals surface area contributed by atoms with Crippen LogP contribution in [0.4, 0.5) is 5.82 Å². The lowest BCUT2D eigenvalue weighted by Gasteiger charge is -2.22. The van der Waals surface area contributed by atoms with Crippen LogP contribution in [0.5, 0.6) is 0 Å². The maximum Gasteiger partial charge on any atom is 0.200 e. The third kappa shape index (κ3) is 3.40. The predicted molar refractivity (Wildman–Crippen MR) is 71.2 cm³/mol. The second-order valence-corrected chi connectivity index (χ2v) is 4.69. The van der Waals surface area contributed by atoms with Crippen molar-refractivity contribution < 1.29 is 9.47 Å². The molecule has 2 aromatic rings. The Labute approximate surface area is 116 Å². The molecule has 0 bridgehead atoms. The lowest BCUT2D eigenvalue weighted by molar-refractivity contribution is -0.162. The molecular formula is C12H18N6O2. The summed E-state index contributed by atoms with van der Waals surface area (Å²) in [5, 5.41) is 18.5. The molecule has 108 valence electrons. The van der Waals surface area contributed by atoms with Gasteiger partial charge in [0.2, 0.25) is 0 Å². The van der Waals surface area contributed by atoms with Crippen molar-refractivity contribution in [3.8, 4) is 0 Å². The van der Waals surface area contributed by atoms with Gasteiger partial charge in [0.1, 0.15) is 5.82 Å². The summed E-state index contributed by atoms with van der Waals surface area (Å²) in [6.07, 6.45) is 4.23. The number of hydrogen-bond acceptors (Lipinski definition) is 7. The molecule has 0 saturated carbocycles. The van der Waals surface area contributed by atoms with E-state index in [0.717, 1.165) is 38.2 Å². The molecule has 0 radical (unpaired) electrons. The van der Waals surface area contributed by atoms with Crippen LogP contribution in [0, 0.1) is 0 Å². The fourth-order valence-corrected chi connectivity index (χ4v) is 2.09. The first kappa shape index (κ1) is 13.2. The minimum Gasteiger partial charge on any atom is -0.368 e. The average molecular weight is 278 g/mol. The summed E-state index contributed by atoms with van der Waals surface area (Å²) in [5.74, 6) is 0.749. The molecule has 1 N–H and O–H groups in total. The summed E-state index contributed by atoms with van der Waals surface area (Å²) < 4.78 is 12.6. The second-order valence-electron chi connectivity index (χ2n) is 4.69. The zero-order valence-corrected chi connectivity index (χ0v) is 11.2. The van der Waals surface area contributed by atoms with Crippen LogP contribution in [0.15, 0.2) is 12.1 Å².